The second kappa shape index (κ2) is 18.6. The van der Waals surface area contributed by atoms with E-state index in [1.165, 1.54) is 46.5 Å². The van der Waals surface area contributed by atoms with Crippen LogP contribution in [-0.2, 0) is 19.6 Å². The molecule has 2 fully saturated rings. The lowest BCUT2D eigenvalue weighted by Gasteiger charge is -2.34. The van der Waals surface area contributed by atoms with Gasteiger partial charge in [0.15, 0.2) is 0 Å². The number of nitrogens with one attached hydrogen (secondary N) is 3. The topological polar surface area (TPSA) is 247 Å². The molecule has 8 rings (SSSR count). The largest absolute Gasteiger partial charge is 0.478 e. The Bertz CT molecular complexity index is 2930. The molecule has 2 saturated heterocycles. The van der Waals surface area contributed by atoms with Gasteiger partial charge in [-0.15, -0.1) is 0 Å². The van der Waals surface area contributed by atoms with E-state index in [0.717, 1.165) is 6.26 Å². The van der Waals surface area contributed by atoms with Gasteiger partial charge in [-0.25, -0.2) is 17.9 Å². The van der Waals surface area contributed by atoms with E-state index in [1.54, 1.807) is 70.5 Å². The number of H-pyrrole nitrogens is 2. The highest BCUT2D eigenvalue weighted by molar-refractivity contribution is 7.89. The number of benzene rings is 4. The molecule has 6 aromatic rings. The first kappa shape index (κ1) is 44.1. The minimum Gasteiger partial charge on any atom is -0.478 e. The molecule has 2 aliphatic heterocycles. The molecule has 4 heterocycles. The fourth-order valence-electron chi connectivity index (χ4n) is 7.54. The number of rotatable bonds is 9. The smallest absolute Gasteiger partial charge is 0.337 e. The van der Waals surface area contributed by atoms with E-state index in [-0.39, 0.29) is 65.8 Å². The van der Waals surface area contributed by atoms with Crippen LogP contribution in [0.2, 0.25) is 0 Å². The van der Waals surface area contributed by atoms with Gasteiger partial charge in [-0.1, -0.05) is 60.7 Å². The van der Waals surface area contributed by atoms with E-state index in [4.69, 9.17) is 0 Å². The molecule has 0 bridgehead atoms. The SMILES string of the molecule is CS(=O)(=O)NC(=O)c1cccc2c(C(=O)C(=O)N3CCN(C(=O)c4ccccc4)CC3)c[nH]c12.O=C(C(=O)N1CCN(C(=O)c2ccccc2)CC1)c1c[nH]c2c(C(=O)O)cccc12. The number of hydrogen-bond acceptors (Lipinski definition) is 10. The Balaban J connectivity index is 0.000000193. The highest BCUT2D eigenvalue weighted by atomic mass is 32.2. The fourth-order valence-corrected chi connectivity index (χ4v) is 7.99. The van der Waals surface area contributed by atoms with Crippen LogP contribution in [-0.4, -0.2) is 149 Å². The maximum absolute atomic E-state index is 13.0. The Kier molecular flexibility index (Phi) is 12.8. The lowest BCUT2D eigenvalue weighted by molar-refractivity contribution is -0.128. The summed E-state index contributed by atoms with van der Waals surface area (Å²) < 4.78 is 24.7. The third-order valence-corrected chi connectivity index (χ3v) is 11.4. The van der Waals surface area contributed by atoms with Crippen LogP contribution in [0.1, 0.15) is 62.1 Å². The maximum Gasteiger partial charge on any atom is 0.337 e. The number of sulfonamides is 1. The first-order valence-corrected chi connectivity index (χ1v) is 21.8. The zero-order chi connectivity index (χ0) is 45.7. The predicted molar refractivity (Wildman–Crippen MR) is 232 cm³/mol. The number of Topliss-reactive ketones (excluding diaryl/α,β-unsaturated/α-hetero) is 2. The number of carboxylic acids is 1. The first-order valence-electron chi connectivity index (χ1n) is 19.9. The van der Waals surface area contributed by atoms with Crippen molar-refractivity contribution in [1.29, 1.82) is 0 Å². The highest BCUT2D eigenvalue weighted by Gasteiger charge is 2.32. The summed E-state index contributed by atoms with van der Waals surface area (Å²) in [6.45, 7) is 2.22. The molecule has 5 amide bonds. The first-order chi connectivity index (χ1) is 30.6. The van der Waals surface area contributed by atoms with Crippen molar-refractivity contribution in [3.8, 4) is 0 Å². The number of carboxylic acid groups (broad SMARTS) is 1. The normalized spacial score (nSPS) is 14.1. The van der Waals surface area contributed by atoms with Gasteiger partial charge in [0, 0.05) is 86.7 Å². The summed E-state index contributed by atoms with van der Waals surface area (Å²) in [5, 5.41) is 10.0. The molecular weight excluding hydrogens is 847 g/mol. The van der Waals surface area contributed by atoms with Gasteiger partial charge >= 0.3 is 5.97 Å². The van der Waals surface area contributed by atoms with Crippen molar-refractivity contribution in [1.82, 2.24) is 34.3 Å². The van der Waals surface area contributed by atoms with Crippen LogP contribution in [0, 0.1) is 0 Å². The van der Waals surface area contributed by atoms with Crippen molar-refractivity contribution < 1.29 is 51.9 Å². The number of carbonyl (C=O) groups excluding carboxylic acids is 7. The molecule has 0 spiro atoms. The van der Waals surface area contributed by atoms with Gasteiger partial charge in [0.1, 0.15) is 0 Å². The van der Waals surface area contributed by atoms with Gasteiger partial charge in [-0.2, -0.15) is 0 Å². The van der Waals surface area contributed by atoms with Crippen LogP contribution < -0.4 is 4.72 Å². The molecule has 0 aliphatic carbocycles. The van der Waals surface area contributed by atoms with Crippen LogP contribution in [0.5, 0.6) is 0 Å². The number of hydrogen-bond donors (Lipinski definition) is 4. The van der Waals surface area contributed by atoms with E-state index >= 15 is 0 Å². The molecule has 0 radical (unpaired) electrons. The number of amides is 5. The summed E-state index contributed by atoms with van der Waals surface area (Å²) in [5.74, 6) is -5.03. The standard InChI is InChI=1S/C23H22N4O6S.C22H19N3O5/c1-34(32,33)25-21(29)17-9-5-8-16-18(14-24-19(16)17)20(28)23(31)27-12-10-26(11-13-27)22(30)15-6-3-2-4-7-15;26-19(17-13-23-18-15(17)7-4-8-16(18)22(29)30)21(28)25-11-9-24(10-12-25)20(27)14-5-2-1-3-6-14/h2-9,14,24H,10-13H2,1H3,(H,25,29);1-8,13,23H,9-12H2,(H,29,30). The third-order valence-electron chi connectivity index (χ3n) is 10.8. The Morgan fingerprint density at radius 3 is 1.27 bits per heavy atom. The molecule has 64 heavy (non-hydrogen) atoms. The van der Waals surface area contributed by atoms with Gasteiger partial charge < -0.3 is 34.7 Å². The molecule has 328 valence electrons. The molecule has 4 N–H and O–H groups in total. The molecule has 0 unspecified atom stereocenters. The van der Waals surface area contributed by atoms with Crippen LogP contribution in [0.3, 0.4) is 0 Å². The Labute approximate surface area is 365 Å². The van der Waals surface area contributed by atoms with Crippen molar-refractivity contribution in [3.63, 3.8) is 0 Å². The van der Waals surface area contributed by atoms with Crippen molar-refractivity contribution in [2.75, 3.05) is 58.6 Å². The highest BCUT2D eigenvalue weighted by Crippen LogP contribution is 2.25. The number of carbonyl (C=O) groups is 8. The van der Waals surface area contributed by atoms with Crippen molar-refractivity contribution in [2.45, 2.75) is 0 Å². The van der Waals surface area contributed by atoms with E-state index < -0.39 is 45.3 Å². The number of nitrogens with zero attached hydrogens (tertiary/aromatic N) is 4. The van der Waals surface area contributed by atoms with Crippen molar-refractivity contribution in [3.05, 3.63) is 143 Å². The van der Waals surface area contributed by atoms with Crippen LogP contribution in [0.4, 0.5) is 0 Å². The van der Waals surface area contributed by atoms with Gasteiger partial charge in [0.05, 0.1) is 39.5 Å². The van der Waals surface area contributed by atoms with E-state index in [2.05, 4.69) is 9.97 Å². The minimum absolute atomic E-state index is 0.0301. The van der Waals surface area contributed by atoms with Crippen LogP contribution in [0.25, 0.3) is 21.8 Å². The van der Waals surface area contributed by atoms with Gasteiger partial charge in [0.25, 0.3) is 41.1 Å². The summed E-state index contributed by atoms with van der Waals surface area (Å²) in [6.07, 6.45) is 3.56. The van der Waals surface area contributed by atoms with Crippen molar-refractivity contribution >= 4 is 78.9 Å². The summed E-state index contributed by atoms with van der Waals surface area (Å²) in [5.41, 5.74) is 1.99. The number of piperazine rings is 2. The molecule has 2 aromatic heterocycles. The van der Waals surface area contributed by atoms with Gasteiger partial charge in [-0.3, -0.25) is 33.6 Å². The molecule has 19 heteroatoms. The third kappa shape index (κ3) is 9.43. The second-order valence-corrected chi connectivity index (χ2v) is 16.7. The van der Waals surface area contributed by atoms with E-state index in [0.29, 0.717) is 53.6 Å². The fraction of sp³-hybridized carbons (Fsp3) is 0.200. The molecule has 4 aromatic carbocycles. The second-order valence-electron chi connectivity index (χ2n) is 14.9. The Morgan fingerprint density at radius 2 is 0.875 bits per heavy atom. The maximum atomic E-state index is 13.0. The quantitative estimate of drug-likeness (QED) is 0.121. The zero-order valence-corrected chi connectivity index (χ0v) is 35.1. The number of fused-ring (bicyclic) bond motifs is 2. The molecule has 2 aliphatic rings. The van der Waals surface area contributed by atoms with Gasteiger partial charge in [-0.05, 0) is 36.4 Å². The Morgan fingerprint density at radius 1 is 0.500 bits per heavy atom. The monoisotopic (exact) mass is 887 g/mol. The van der Waals surface area contributed by atoms with Crippen LogP contribution in [0.15, 0.2) is 109 Å². The molecule has 18 nitrogen and oxygen atoms in total. The lowest BCUT2D eigenvalue weighted by Crippen LogP contribution is -2.52. The number of aromatic carboxylic acids is 1. The summed E-state index contributed by atoms with van der Waals surface area (Å²) in [4.78, 5) is 112. The number of para-hydroxylation sites is 2. The lowest BCUT2D eigenvalue weighted by atomic mass is 10.0. The predicted octanol–water partition coefficient (Wildman–Crippen LogP) is 3.06. The Hall–Kier alpha value is -7.93. The summed E-state index contributed by atoms with van der Waals surface area (Å²) in [7, 11) is -3.78. The average molecular weight is 888 g/mol. The summed E-state index contributed by atoms with van der Waals surface area (Å²) >= 11 is 0. The average Bonchev–Trinajstić information content (AvgIpc) is 3.96. The number of ketones is 2. The zero-order valence-electron chi connectivity index (χ0n) is 34.3. The molecule has 0 saturated carbocycles. The molecular formula is C45H41N7O11S. The summed E-state index contributed by atoms with van der Waals surface area (Å²) in [6, 6.07) is 26.8. The number of aromatic amines is 2. The van der Waals surface area contributed by atoms with E-state index in [9.17, 15) is 51.9 Å². The number of aromatic nitrogens is 2. The minimum atomic E-state index is -3.78. The van der Waals surface area contributed by atoms with E-state index in [1.807, 2.05) is 16.9 Å². The van der Waals surface area contributed by atoms with Crippen molar-refractivity contribution in [2.24, 2.45) is 0 Å². The van der Waals surface area contributed by atoms with Gasteiger partial charge in [0.2, 0.25) is 10.0 Å². The van der Waals surface area contributed by atoms with Crippen LogP contribution >= 0.6 is 0 Å². The molecule has 0 atom stereocenters.